The molecule has 2 unspecified atom stereocenters. The smallest absolute Gasteiger partial charge is 0.271 e. The summed E-state index contributed by atoms with van der Waals surface area (Å²) in [7, 11) is 1.70. The average Bonchev–Trinajstić information content (AvgIpc) is 2.78. The van der Waals surface area contributed by atoms with E-state index in [0.29, 0.717) is 5.02 Å². The Balaban J connectivity index is 2.12. The molecule has 0 heterocycles. The van der Waals surface area contributed by atoms with Crippen LogP contribution in [0.5, 0.6) is 0 Å². The number of non-ortho nitro benzene ring substituents is 1. The van der Waals surface area contributed by atoms with Gasteiger partial charge in [-0.25, -0.2) is 0 Å². The molecule has 2 atom stereocenters. The van der Waals surface area contributed by atoms with Gasteiger partial charge in [0.1, 0.15) is 0 Å². The van der Waals surface area contributed by atoms with Gasteiger partial charge in [-0.05, 0) is 25.3 Å². The Kier molecular flexibility index (Phi) is 4.04. The first kappa shape index (κ1) is 13.1. The lowest BCUT2D eigenvalue weighted by Gasteiger charge is -2.21. The summed E-state index contributed by atoms with van der Waals surface area (Å²) in [6.45, 7) is 0. The van der Waals surface area contributed by atoms with Crippen molar-refractivity contribution in [3.8, 4) is 0 Å². The molecule has 5 nitrogen and oxygen atoms in total. The highest BCUT2D eigenvalue weighted by atomic mass is 35.5. The number of rotatable bonds is 4. The van der Waals surface area contributed by atoms with E-state index in [9.17, 15) is 10.1 Å². The minimum Gasteiger partial charge on any atom is -0.379 e. The number of hydrogen-bond donors (Lipinski definition) is 1. The van der Waals surface area contributed by atoms with Crippen LogP contribution >= 0.6 is 11.6 Å². The molecule has 18 heavy (non-hydrogen) atoms. The molecule has 1 aliphatic carbocycles. The van der Waals surface area contributed by atoms with Crippen molar-refractivity contribution >= 4 is 23.0 Å². The van der Waals surface area contributed by atoms with Gasteiger partial charge in [0.05, 0.1) is 27.8 Å². The Bertz CT molecular complexity index is 453. The maximum atomic E-state index is 10.6. The van der Waals surface area contributed by atoms with E-state index in [2.05, 4.69) is 5.32 Å². The standard InChI is InChI=1S/C12H15ClN2O3/c1-18-12-4-2-3-11(12)14-10-6-5-8(15(16)17)7-9(10)13/h5-7,11-12,14H,2-4H2,1H3. The third kappa shape index (κ3) is 2.73. The molecular formula is C12H15ClN2O3. The summed E-state index contributed by atoms with van der Waals surface area (Å²) >= 11 is 6.04. The van der Waals surface area contributed by atoms with Gasteiger partial charge in [-0.1, -0.05) is 11.6 Å². The van der Waals surface area contributed by atoms with Crippen LogP contribution in [0.25, 0.3) is 0 Å². The first-order chi connectivity index (χ1) is 8.61. The first-order valence-electron chi connectivity index (χ1n) is 5.85. The Morgan fingerprint density at radius 1 is 1.50 bits per heavy atom. The molecule has 0 bridgehead atoms. The predicted octanol–water partition coefficient (Wildman–Crippen LogP) is 3.23. The number of methoxy groups -OCH3 is 1. The van der Waals surface area contributed by atoms with E-state index in [4.69, 9.17) is 16.3 Å². The van der Waals surface area contributed by atoms with Crippen molar-refractivity contribution in [1.82, 2.24) is 0 Å². The Morgan fingerprint density at radius 2 is 2.28 bits per heavy atom. The van der Waals surface area contributed by atoms with Crippen molar-refractivity contribution < 1.29 is 9.66 Å². The zero-order chi connectivity index (χ0) is 13.1. The topological polar surface area (TPSA) is 64.4 Å². The van der Waals surface area contributed by atoms with Crippen LogP contribution < -0.4 is 5.32 Å². The Hall–Kier alpha value is -1.33. The molecule has 2 rings (SSSR count). The summed E-state index contributed by atoms with van der Waals surface area (Å²) in [4.78, 5) is 10.2. The van der Waals surface area contributed by atoms with Crippen molar-refractivity contribution in [2.45, 2.75) is 31.4 Å². The number of ether oxygens (including phenoxy) is 1. The van der Waals surface area contributed by atoms with E-state index >= 15 is 0 Å². The number of benzene rings is 1. The fourth-order valence-electron chi connectivity index (χ4n) is 2.31. The van der Waals surface area contributed by atoms with E-state index in [0.717, 1.165) is 24.9 Å². The van der Waals surface area contributed by atoms with Gasteiger partial charge in [0.2, 0.25) is 0 Å². The highest BCUT2D eigenvalue weighted by Crippen LogP contribution is 2.31. The van der Waals surface area contributed by atoms with Gasteiger partial charge < -0.3 is 10.1 Å². The Morgan fingerprint density at radius 3 is 2.89 bits per heavy atom. The molecular weight excluding hydrogens is 256 g/mol. The van der Waals surface area contributed by atoms with Gasteiger partial charge in [-0.15, -0.1) is 0 Å². The minimum absolute atomic E-state index is 0.000244. The number of hydrogen-bond acceptors (Lipinski definition) is 4. The number of nitrogens with zero attached hydrogens (tertiary/aromatic N) is 1. The molecule has 6 heteroatoms. The van der Waals surface area contributed by atoms with E-state index in [1.807, 2.05) is 0 Å². The number of halogens is 1. The van der Waals surface area contributed by atoms with Gasteiger partial charge in [0, 0.05) is 19.2 Å². The van der Waals surface area contributed by atoms with E-state index < -0.39 is 4.92 Å². The number of nitrogens with one attached hydrogen (secondary N) is 1. The number of nitro benzene ring substituents is 1. The minimum atomic E-state index is -0.455. The van der Waals surface area contributed by atoms with Crippen molar-refractivity contribution in [3.63, 3.8) is 0 Å². The van der Waals surface area contributed by atoms with Crippen LogP contribution in [-0.2, 0) is 4.74 Å². The molecule has 1 saturated carbocycles. The van der Waals surface area contributed by atoms with Crippen LogP contribution in [0.2, 0.25) is 5.02 Å². The highest BCUT2D eigenvalue weighted by Gasteiger charge is 2.27. The van der Waals surface area contributed by atoms with Gasteiger partial charge in [0.15, 0.2) is 0 Å². The molecule has 98 valence electrons. The predicted molar refractivity (Wildman–Crippen MR) is 70.2 cm³/mol. The quantitative estimate of drug-likeness (QED) is 0.674. The molecule has 0 aromatic heterocycles. The van der Waals surface area contributed by atoms with Crippen LogP contribution in [-0.4, -0.2) is 24.2 Å². The van der Waals surface area contributed by atoms with Gasteiger partial charge in [0.25, 0.3) is 5.69 Å². The fourth-order valence-corrected chi connectivity index (χ4v) is 2.54. The lowest BCUT2D eigenvalue weighted by molar-refractivity contribution is -0.384. The normalized spacial score (nSPS) is 23.0. The van der Waals surface area contributed by atoms with E-state index in [1.54, 1.807) is 13.2 Å². The van der Waals surface area contributed by atoms with Gasteiger partial charge in [-0.3, -0.25) is 10.1 Å². The van der Waals surface area contributed by atoms with Gasteiger partial charge >= 0.3 is 0 Å². The van der Waals surface area contributed by atoms with Crippen molar-refractivity contribution in [2.24, 2.45) is 0 Å². The second-order valence-electron chi connectivity index (χ2n) is 4.38. The van der Waals surface area contributed by atoms with E-state index in [-0.39, 0.29) is 17.8 Å². The van der Waals surface area contributed by atoms with Crippen molar-refractivity contribution in [3.05, 3.63) is 33.3 Å². The van der Waals surface area contributed by atoms with Crippen molar-refractivity contribution in [2.75, 3.05) is 12.4 Å². The zero-order valence-corrected chi connectivity index (χ0v) is 10.8. The SMILES string of the molecule is COC1CCCC1Nc1ccc([N+](=O)[O-])cc1Cl. The molecule has 1 aliphatic rings. The van der Waals surface area contributed by atoms with E-state index in [1.165, 1.54) is 12.1 Å². The van der Waals surface area contributed by atoms with Crippen LogP contribution in [0.15, 0.2) is 18.2 Å². The maximum absolute atomic E-state index is 10.6. The lowest BCUT2D eigenvalue weighted by Crippen LogP contribution is -2.29. The number of anilines is 1. The molecule has 0 aliphatic heterocycles. The summed E-state index contributed by atoms with van der Waals surface area (Å²) in [5.41, 5.74) is 0.719. The summed E-state index contributed by atoms with van der Waals surface area (Å²) in [6, 6.07) is 4.67. The molecule has 0 saturated heterocycles. The first-order valence-corrected chi connectivity index (χ1v) is 6.23. The van der Waals surface area contributed by atoms with Crippen molar-refractivity contribution in [1.29, 1.82) is 0 Å². The third-order valence-electron chi connectivity index (χ3n) is 3.26. The second-order valence-corrected chi connectivity index (χ2v) is 4.78. The third-order valence-corrected chi connectivity index (χ3v) is 3.57. The monoisotopic (exact) mass is 270 g/mol. The molecule has 1 aromatic rings. The zero-order valence-electron chi connectivity index (χ0n) is 10.1. The average molecular weight is 271 g/mol. The summed E-state index contributed by atoms with van der Waals surface area (Å²) in [6.07, 6.45) is 3.34. The van der Waals surface area contributed by atoms with Gasteiger partial charge in [-0.2, -0.15) is 0 Å². The molecule has 0 radical (unpaired) electrons. The lowest BCUT2D eigenvalue weighted by atomic mass is 10.2. The van der Waals surface area contributed by atoms with Crippen LogP contribution in [0.3, 0.4) is 0 Å². The largest absolute Gasteiger partial charge is 0.379 e. The molecule has 1 fully saturated rings. The second kappa shape index (κ2) is 5.54. The van der Waals surface area contributed by atoms with Crippen LogP contribution in [0.4, 0.5) is 11.4 Å². The molecule has 0 spiro atoms. The van der Waals surface area contributed by atoms with Crippen LogP contribution in [0.1, 0.15) is 19.3 Å². The van der Waals surface area contributed by atoms with Crippen LogP contribution in [0, 0.1) is 10.1 Å². The molecule has 1 aromatic carbocycles. The molecule has 1 N–H and O–H groups in total. The fraction of sp³-hybridized carbons (Fsp3) is 0.500. The number of nitro groups is 1. The highest BCUT2D eigenvalue weighted by molar-refractivity contribution is 6.33. The summed E-state index contributed by atoms with van der Waals surface area (Å²) in [5, 5.41) is 14.3. The maximum Gasteiger partial charge on any atom is 0.271 e. The molecule has 0 amide bonds. The summed E-state index contributed by atoms with van der Waals surface area (Å²) in [5.74, 6) is 0. The Labute approximate surface area is 110 Å². The summed E-state index contributed by atoms with van der Waals surface area (Å²) < 4.78 is 5.38.